The smallest absolute Gasteiger partial charge is 0.0331 e. The second-order valence-electron chi connectivity index (χ2n) is 6.95. The van der Waals surface area contributed by atoms with E-state index in [0.717, 1.165) is 25.7 Å². The Balaban J connectivity index is 1.94. The summed E-state index contributed by atoms with van der Waals surface area (Å²) in [6.07, 6.45) is 6.62. The zero-order chi connectivity index (χ0) is 15.1. The Hall–Kier alpha value is -0.380. The second-order valence-corrected chi connectivity index (χ2v) is 7.99. The first-order valence-electron chi connectivity index (χ1n) is 8.64. The first kappa shape index (κ1) is 17.0. The van der Waals surface area contributed by atoms with Crippen LogP contribution >= 0.6 is 11.3 Å². The van der Waals surface area contributed by atoms with Gasteiger partial charge in [0.25, 0.3) is 0 Å². The molecule has 1 atom stereocenters. The molecule has 2 rings (SSSR count). The number of hydrogen-bond donors (Lipinski definition) is 1. The Labute approximate surface area is 134 Å². The van der Waals surface area contributed by atoms with E-state index in [-0.39, 0.29) is 0 Å². The minimum atomic E-state index is 0.407. The molecule has 1 N–H and O–H groups in total. The van der Waals surface area contributed by atoms with Crippen LogP contribution in [0.1, 0.15) is 57.8 Å². The van der Waals surface area contributed by atoms with E-state index in [2.05, 4.69) is 48.5 Å². The first-order chi connectivity index (χ1) is 10.2. The zero-order valence-corrected chi connectivity index (χ0v) is 14.8. The number of hydrogen-bond acceptors (Lipinski definition) is 3. The molecule has 1 unspecified atom stereocenters. The Kier molecular flexibility index (Phi) is 6.72. The molecule has 1 aromatic heterocycles. The topological polar surface area (TPSA) is 15.3 Å². The van der Waals surface area contributed by atoms with Crippen molar-refractivity contribution in [1.82, 2.24) is 10.2 Å². The third-order valence-corrected chi connectivity index (χ3v) is 5.28. The van der Waals surface area contributed by atoms with Crippen molar-refractivity contribution >= 4 is 11.3 Å². The van der Waals surface area contributed by atoms with Gasteiger partial charge in [0.1, 0.15) is 0 Å². The average Bonchev–Trinajstić information content (AvgIpc) is 3.17. The number of nitrogens with one attached hydrogen (secondary N) is 1. The molecule has 1 aromatic rings. The van der Waals surface area contributed by atoms with Gasteiger partial charge < -0.3 is 5.32 Å². The van der Waals surface area contributed by atoms with Gasteiger partial charge in [-0.3, -0.25) is 4.90 Å². The Morgan fingerprint density at radius 3 is 2.71 bits per heavy atom. The molecule has 1 saturated carbocycles. The summed E-state index contributed by atoms with van der Waals surface area (Å²) >= 11 is 1.90. The van der Waals surface area contributed by atoms with Crippen LogP contribution in [0.25, 0.3) is 0 Å². The monoisotopic (exact) mass is 308 g/mol. The molecular weight excluding hydrogens is 276 g/mol. The van der Waals surface area contributed by atoms with Gasteiger partial charge in [-0.1, -0.05) is 33.3 Å². The maximum Gasteiger partial charge on any atom is 0.0331 e. The van der Waals surface area contributed by atoms with Crippen molar-refractivity contribution in [2.24, 2.45) is 5.41 Å². The minimum absolute atomic E-state index is 0.407. The van der Waals surface area contributed by atoms with Gasteiger partial charge in [-0.15, -0.1) is 11.3 Å². The van der Waals surface area contributed by atoms with Crippen LogP contribution in [0.3, 0.4) is 0 Å². The molecular formula is C18H32N2S. The van der Waals surface area contributed by atoms with Crippen LogP contribution in [0.5, 0.6) is 0 Å². The predicted octanol–water partition coefficient (Wildman–Crippen LogP) is 4.52. The number of thiophene rings is 1. The molecule has 1 aliphatic carbocycles. The van der Waals surface area contributed by atoms with Crippen molar-refractivity contribution in [3.8, 4) is 0 Å². The third-order valence-electron chi connectivity index (χ3n) is 4.42. The molecule has 0 bridgehead atoms. The van der Waals surface area contributed by atoms with E-state index in [1.54, 1.807) is 0 Å². The molecule has 0 saturated heterocycles. The van der Waals surface area contributed by atoms with Crippen molar-refractivity contribution in [3.63, 3.8) is 0 Å². The first-order valence-corrected chi connectivity index (χ1v) is 9.52. The predicted molar refractivity (Wildman–Crippen MR) is 93.9 cm³/mol. The Morgan fingerprint density at radius 1 is 1.33 bits per heavy atom. The van der Waals surface area contributed by atoms with Gasteiger partial charge in [0.2, 0.25) is 0 Å². The van der Waals surface area contributed by atoms with Gasteiger partial charge in [0.15, 0.2) is 0 Å². The van der Waals surface area contributed by atoms with E-state index < -0.39 is 0 Å². The maximum absolute atomic E-state index is 3.66. The Bertz CT molecular complexity index is 386. The average molecular weight is 309 g/mol. The lowest BCUT2D eigenvalue weighted by Crippen LogP contribution is -2.43. The fourth-order valence-electron chi connectivity index (χ4n) is 3.24. The van der Waals surface area contributed by atoms with Crippen LogP contribution < -0.4 is 5.32 Å². The molecule has 0 amide bonds. The summed E-state index contributed by atoms with van der Waals surface area (Å²) in [5.74, 6) is 0. The molecule has 3 heteroatoms. The normalized spacial score (nSPS) is 18.1. The van der Waals surface area contributed by atoms with Crippen LogP contribution in [-0.4, -0.2) is 30.6 Å². The van der Waals surface area contributed by atoms with E-state index in [1.807, 2.05) is 11.3 Å². The van der Waals surface area contributed by atoms with Crippen LogP contribution in [0, 0.1) is 5.41 Å². The van der Waals surface area contributed by atoms with Gasteiger partial charge in [0, 0.05) is 30.6 Å². The summed E-state index contributed by atoms with van der Waals surface area (Å²) in [5, 5.41) is 5.86. The van der Waals surface area contributed by atoms with E-state index in [0.29, 0.717) is 5.41 Å². The number of rotatable bonds is 11. The zero-order valence-electron chi connectivity index (χ0n) is 14.0. The van der Waals surface area contributed by atoms with Crippen molar-refractivity contribution in [2.45, 2.75) is 65.5 Å². The SMILES string of the molecule is CCCNCC(C)(CCC)CN(Cc1cccs1)C1CC1. The van der Waals surface area contributed by atoms with Crippen LogP contribution in [0.15, 0.2) is 17.5 Å². The summed E-state index contributed by atoms with van der Waals surface area (Å²) < 4.78 is 0. The molecule has 21 heavy (non-hydrogen) atoms. The molecule has 0 aliphatic heterocycles. The molecule has 1 aliphatic rings. The van der Waals surface area contributed by atoms with Crippen molar-refractivity contribution in [1.29, 1.82) is 0 Å². The van der Waals surface area contributed by atoms with Crippen LogP contribution in [0.4, 0.5) is 0 Å². The van der Waals surface area contributed by atoms with Gasteiger partial charge in [-0.2, -0.15) is 0 Å². The largest absolute Gasteiger partial charge is 0.316 e. The van der Waals surface area contributed by atoms with Gasteiger partial charge in [-0.25, -0.2) is 0 Å². The minimum Gasteiger partial charge on any atom is -0.316 e. The van der Waals surface area contributed by atoms with Crippen LogP contribution in [0.2, 0.25) is 0 Å². The van der Waals surface area contributed by atoms with Gasteiger partial charge >= 0.3 is 0 Å². The van der Waals surface area contributed by atoms with E-state index in [4.69, 9.17) is 0 Å². The lowest BCUT2D eigenvalue weighted by Gasteiger charge is -2.36. The lowest BCUT2D eigenvalue weighted by atomic mass is 9.84. The highest BCUT2D eigenvalue weighted by Gasteiger charge is 2.34. The molecule has 2 nitrogen and oxygen atoms in total. The summed E-state index contributed by atoms with van der Waals surface area (Å²) in [7, 11) is 0. The molecule has 0 radical (unpaired) electrons. The molecule has 0 aromatic carbocycles. The third kappa shape index (κ3) is 5.72. The molecule has 1 fully saturated rings. The molecule has 1 heterocycles. The van der Waals surface area contributed by atoms with Crippen molar-refractivity contribution in [3.05, 3.63) is 22.4 Å². The lowest BCUT2D eigenvalue weighted by molar-refractivity contribution is 0.137. The van der Waals surface area contributed by atoms with E-state index in [1.165, 1.54) is 43.5 Å². The van der Waals surface area contributed by atoms with Gasteiger partial charge in [0.05, 0.1) is 0 Å². The fourth-order valence-corrected chi connectivity index (χ4v) is 3.97. The summed E-state index contributed by atoms with van der Waals surface area (Å²) in [5.41, 5.74) is 0.407. The Morgan fingerprint density at radius 2 is 2.14 bits per heavy atom. The maximum atomic E-state index is 3.66. The quantitative estimate of drug-likeness (QED) is 0.605. The summed E-state index contributed by atoms with van der Waals surface area (Å²) in [6.45, 7) is 11.7. The highest BCUT2D eigenvalue weighted by molar-refractivity contribution is 7.09. The standard InChI is InChI=1S/C18H32N2S/c1-4-10-18(3,14-19-11-5-2)15-20(16-8-9-16)13-17-7-6-12-21-17/h6-7,12,16,19H,4-5,8-11,13-15H2,1-3H3. The molecule has 0 spiro atoms. The molecule has 120 valence electrons. The van der Waals surface area contributed by atoms with Crippen LogP contribution in [-0.2, 0) is 6.54 Å². The number of nitrogens with zero attached hydrogens (tertiary/aromatic N) is 1. The van der Waals surface area contributed by atoms with Gasteiger partial charge in [-0.05, 0) is 49.1 Å². The highest BCUT2D eigenvalue weighted by atomic mass is 32.1. The fraction of sp³-hybridized carbons (Fsp3) is 0.778. The van der Waals surface area contributed by atoms with E-state index >= 15 is 0 Å². The second kappa shape index (κ2) is 8.30. The summed E-state index contributed by atoms with van der Waals surface area (Å²) in [6, 6.07) is 5.31. The van der Waals surface area contributed by atoms with Crippen molar-refractivity contribution < 1.29 is 0 Å². The highest BCUT2D eigenvalue weighted by Crippen LogP contribution is 2.34. The summed E-state index contributed by atoms with van der Waals surface area (Å²) in [4.78, 5) is 4.26. The van der Waals surface area contributed by atoms with E-state index in [9.17, 15) is 0 Å². The van der Waals surface area contributed by atoms with Crippen molar-refractivity contribution in [2.75, 3.05) is 19.6 Å².